The van der Waals surface area contributed by atoms with Crippen molar-refractivity contribution in [1.82, 2.24) is 0 Å². The lowest BCUT2D eigenvalue weighted by Gasteiger charge is -2.22. The van der Waals surface area contributed by atoms with Gasteiger partial charge in [0.15, 0.2) is 34.5 Å². The number of ether oxygens (including phenoxy) is 11. The van der Waals surface area contributed by atoms with Crippen LogP contribution in [0, 0.1) is 0 Å². The minimum Gasteiger partial charge on any atom is -0.449 e. The first-order valence-electron chi connectivity index (χ1n) is 15.7. The first-order chi connectivity index (χ1) is 26.1. The highest BCUT2D eigenvalue weighted by Gasteiger charge is 2.32. The van der Waals surface area contributed by atoms with Crippen LogP contribution in [-0.4, -0.2) is 53.7 Å². The van der Waals surface area contributed by atoms with E-state index in [1.54, 1.807) is 0 Å². The summed E-state index contributed by atoms with van der Waals surface area (Å²) in [5.74, 6) is -16.2. The molecule has 20 heteroatoms. The first kappa shape index (κ1) is 42.9. The third-order valence-corrected chi connectivity index (χ3v) is 5.81. The van der Waals surface area contributed by atoms with Crippen LogP contribution in [-0.2, 0) is 43.2 Å². The smallest absolute Gasteiger partial charge is 0.308 e. The van der Waals surface area contributed by atoms with Crippen molar-refractivity contribution in [2.24, 2.45) is 0 Å². The largest absolute Gasteiger partial charge is 0.449 e. The molecule has 296 valence electrons. The molecule has 0 fully saturated rings. The molecule has 3 aromatic carbocycles. The average Bonchev–Trinajstić information content (AvgIpc) is 3.01. The van der Waals surface area contributed by atoms with E-state index >= 15 is 0 Å². The van der Waals surface area contributed by atoms with Crippen molar-refractivity contribution >= 4 is 53.7 Å². The number of benzene rings is 3. The zero-order valence-corrected chi connectivity index (χ0v) is 31.1. The predicted octanol–water partition coefficient (Wildman–Crippen LogP) is 4.60. The second kappa shape index (κ2) is 18.5. The van der Waals surface area contributed by atoms with Crippen LogP contribution in [0.1, 0.15) is 62.3 Å². The van der Waals surface area contributed by atoms with Crippen LogP contribution >= 0.6 is 0 Å². The maximum absolute atomic E-state index is 12.5. The molecule has 0 heterocycles. The van der Waals surface area contributed by atoms with Crippen molar-refractivity contribution < 1.29 is 95.3 Å². The lowest BCUT2D eigenvalue weighted by atomic mass is 10.2. The molecule has 0 bridgehead atoms. The normalized spacial score (nSPS) is 10.2. The number of hydrogen-bond donors (Lipinski definition) is 0. The van der Waals surface area contributed by atoms with E-state index in [4.69, 9.17) is 52.1 Å². The molecule has 0 radical (unpaired) electrons. The van der Waals surface area contributed by atoms with Crippen molar-refractivity contribution in [2.45, 2.75) is 62.3 Å². The van der Waals surface area contributed by atoms with Crippen molar-refractivity contribution in [2.75, 3.05) is 0 Å². The van der Waals surface area contributed by atoms with Crippen LogP contribution in [0.3, 0.4) is 0 Å². The van der Waals surface area contributed by atoms with Crippen LogP contribution in [0.25, 0.3) is 0 Å². The molecule has 0 atom stereocenters. The van der Waals surface area contributed by atoms with Gasteiger partial charge in [0, 0.05) is 92.6 Å². The van der Waals surface area contributed by atoms with Gasteiger partial charge in [-0.2, -0.15) is 0 Å². The minimum atomic E-state index is -1.08. The third-order valence-electron chi connectivity index (χ3n) is 5.81. The molecule has 0 saturated heterocycles. The molecule has 0 aliphatic carbocycles. The Hall–Kier alpha value is -7.51. The molecule has 0 saturated carbocycles. The van der Waals surface area contributed by atoms with E-state index in [1.807, 2.05) is 0 Å². The molecule has 0 spiro atoms. The van der Waals surface area contributed by atoms with E-state index in [-0.39, 0.29) is 5.75 Å². The molecular weight excluding hydrogens is 752 g/mol. The number of carbonyl (C=O) groups excluding carboxylic acids is 9. The Balaban J connectivity index is 2.56. The molecular formula is C36H32O20. The van der Waals surface area contributed by atoms with E-state index in [2.05, 4.69) is 0 Å². The van der Waals surface area contributed by atoms with E-state index in [0.29, 0.717) is 0 Å². The number of esters is 9. The molecule has 0 aliphatic heterocycles. The Morgan fingerprint density at radius 1 is 0.268 bits per heavy atom. The Morgan fingerprint density at radius 3 is 0.946 bits per heavy atom. The maximum atomic E-state index is 12.5. The summed E-state index contributed by atoms with van der Waals surface area (Å²) in [6.07, 6.45) is 0. The topological polar surface area (TPSA) is 255 Å². The Labute approximate surface area is 316 Å². The van der Waals surface area contributed by atoms with Gasteiger partial charge in [0.2, 0.25) is 28.7 Å². The third kappa shape index (κ3) is 12.3. The SMILES string of the molecule is CC(=O)Oc1cc(OC(C)=O)c(Oc2cc(OC(C)=O)c(OC(C)=O)c(OC(C)=O)c2Oc2cc(OC(C)=O)c(OC(C)=O)c(OC(C)=O)c2)c(OC(C)=O)c1. The number of hydrogen-bond acceptors (Lipinski definition) is 20. The molecule has 20 nitrogen and oxygen atoms in total. The summed E-state index contributed by atoms with van der Waals surface area (Å²) < 4.78 is 59.2. The predicted molar refractivity (Wildman–Crippen MR) is 181 cm³/mol. The first-order valence-corrected chi connectivity index (χ1v) is 15.7. The highest BCUT2D eigenvalue weighted by atomic mass is 16.6. The van der Waals surface area contributed by atoms with E-state index in [0.717, 1.165) is 92.6 Å². The van der Waals surface area contributed by atoms with Gasteiger partial charge in [-0.25, -0.2) is 0 Å². The fourth-order valence-corrected chi connectivity index (χ4v) is 4.34. The van der Waals surface area contributed by atoms with Crippen molar-refractivity contribution in [1.29, 1.82) is 0 Å². The standard InChI is InChI=1S/C36H32O20/c1-15(37)46-24-10-28(49-18(4)40)33(29(11-24)50-19(5)41)56-31-14-30(51-20(6)42)34(53-22(8)44)36(54-23(9)45)35(31)55-25-12-26(47-16(2)38)32(52-21(7)43)27(13-25)48-17(3)39/h10-14H,1-9H3. The lowest BCUT2D eigenvalue weighted by Crippen LogP contribution is -2.13. The van der Waals surface area contributed by atoms with Gasteiger partial charge in [-0.1, -0.05) is 0 Å². The zero-order chi connectivity index (χ0) is 42.0. The summed E-state index contributed by atoms with van der Waals surface area (Å²) in [5.41, 5.74) is 0. The van der Waals surface area contributed by atoms with Gasteiger partial charge < -0.3 is 52.1 Å². The van der Waals surface area contributed by atoms with Crippen LogP contribution in [0.15, 0.2) is 30.3 Å². The highest BCUT2D eigenvalue weighted by Crippen LogP contribution is 2.56. The zero-order valence-electron chi connectivity index (χ0n) is 31.1. The fourth-order valence-electron chi connectivity index (χ4n) is 4.34. The Kier molecular flexibility index (Phi) is 14.2. The van der Waals surface area contributed by atoms with Gasteiger partial charge in [0.05, 0.1) is 0 Å². The van der Waals surface area contributed by atoms with Gasteiger partial charge in [0.1, 0.15) is 11.5 Å². The van der Waals surface area contributed by atoms with Crippen molar-refractivity contribution in [3.8, 4) is 74.7 Å². The molecule has 0 aliphatic rings. The van der Waals surface area contributed by atoms with Crippen LogP contribution in [0.2, 0.25) is 0 Å². The Morgan fingerprint density at radius 2 is 0.571 bits per heavy atom. The Bertz CT molecular complexity index is 2070. The summed E-state index contributed by atoms with van der Waals surface area (Å²) in [5, 5.41) is 0. The second-order valence-corrected chi connectivity index (χ2v) is 10.9. The summed E-state index contributed by atoms with van der Waals surface area (Å²) >= 11 is 0. The summed E-state index contributed by atoms with van der Waals surface area (Å²) in [4.78, 5) is 109. The minimum absolute atomic E-state index is 0.288. The summed E-state index contributed by atoms with van der Waals surface area (Å²) in [7, 11) is 0. The molecule has 0 N–H and O–H groups in total. The van der Waals surface area contributed by atoms with Gasteiger partial charge in [0.25, 0.3) is 0 Å². The van der Waals surface area contributed by atoms with Gasteiger partial charge >= 0.3 is 53.7 Å². The van der Waals surface area contributed by atoms with Gasteiger partial charge in [-0.3, -0.25) is 43.2 Å². The molecule has 3 rings (SSSR count). The van der Waals surface area contributed by atoms with E-state index in [9.17, 15) is 43.2 Å². The van der Waals surface area contributed by atoms with Crippen molar-refractivity contribution in [3.63, 3.8) is 0 Å². The molecule has 0 unspecified atom stereocenters. The van der Waals surface area contributed by atoms with Gasteiger partial charge in [-0.15, -0.1) is 0 Å². The average molecular weight is 785 g/mol. The van der Waals surface area contributed by atoms with Gasteiger partial charge in [-0.05, 0) is 0 Å². The molecule has 0 aromatic heterocycles. The van der Waals surface area contributed by atoms with Crippen molar-refractivity contribution in [3.05, 3.63) is 30.3 Å². The molecule has 0 amide bonds. The van der Waals surface area contributed by atoms with Crippen LogP contribution < -0.4 is 52.1 Å². The quantitative estimate of drug-likeness (QED) is 0.169. The summed E-state index contributed by atoms with van der Waals surface area (Å²) in [6, 6.07) is 4.81. The van der Waals surface area contributed by atoms with E-state index in [1.165, 1.54) is 0 Å². The number of rotatable bonds is 13. The molecule has 56 heavy (non-hydrogen) atoms. The summed E-state index contributed by atoms with van der Waals surface area (Å²) in [6.45, 7) is 8.89. The van der Waals surface area contributed by atoms with Crippen LogP contribution in [0.4, 0.5) is 0 Å². The highest BCUT2D eigenvalue weighted by molar-refractivity contribution is 5.83. The fraction of sp³-hybridized carbons (Fsp3) is 0.250. The lowest BCUT2D eigenvalue weighted by molar-refractivity contribution is -0.135. The maximum Gasteiger partial charge on any atom is 0.308 e. The molecule has 3 aromatic rings. The van der Waals surface area contributed by atoms with Crippen LogP contribution in [0.5, 0.6) is 74.7 Å². The second-order valence-electron chi connectivity index (χ2n) is 10.9. The van der Waals surface area contributed by atoms with E-state index < -0.39 is 123 Å². The number of carbonyl (C=O) groups is 9. The monoisotopic (exact) mass is 784 g/mol.